The fraction of sp³-hybridized carbons (Fsp3) is 0.105. The van der Waals surface area contributed by atoms with Gasteiger partial charge in [-0.1, -0.05) is 60.7 Å². The zero-order valence-corrected chi connectivity index (χ0v) is 13.5. The lowest BCUT2D eigenvalue weighted by atomic mass is 10.1. The molecule has 0 spiro atoms. The van der Waals surface area contributed by atoms with Crippen LogP contribution in [0.1, 0.15) is 17.0 Å². The minimum Gasteiger partial charge on any atom is -0.352 e. The highest BCUT2D eigenvalue weighted by Crippen LogP contribution is 2.11. The normalized spacial score (nSPS) is 10.9. The number of H-pyrrole nitrogens is 2. The van der Waals surface area contributed by atoms with Crippen molar-refractivity contribution in [1.29, 1.82) is 0 Å². The summed E-state index contributed by atoms with van der Waals surface area (Å²) in [5.74, 6) is 1.14. The van der Waals surface area contributed by atoms with Crippen LogP contribution in [0.3, 0.4) is 0 Å². The van der Waals surface area contributed by atoms with Crippen LogP contribution >= 0.6 is 0 Å². The van der Waals surface area contributed by atoms with E-state index in [2.05, 4.69) is 25.3 Å². The van der Waals surface area contributed by atoms with Crippen molar-refractivity contribution in [3.63, 3.8) is 0 Å². The number of imidazole rings is 1. The predicted molar refractivity (Wildman–Crippen MR) is 97.5 cm³/mol. The van der Waals surface area contributed by atoms with Crippen LogP contribution < -0.4 is 10.9 Å². The molecule has 6 heteroatoms. The Kier molecular flexibility index (Phi) is 4.00. The first-order chi connectivity index (χ1) is 12.3. The molecule has 3 N–H and O–H groups in total. The molecule has 0 aliphatic heterocycles. The van der Waals surface area contributed by atoms with Crippen molar-refractivity contribution in [2.24, 2.45) is 0 Å². The Hall–Kier alpha value is -3.41. The lowest BCUT2D eigenvalue weighted by Gasteiger charge is -2.04. The fourth-order valence-corrected chi connectivity index (χ4v) is 2.69. The Morgan fingerprint density at radius 1 is 0.840 bits per heavy atom. The first-order valence-electron chi connectivity index (χ1n) is 8.08. The van der Waals surface area contributed by atoms with Crippen molar-refractivity contribution in [3.05, 3.63) is 88.0 Å². The fourth-order valence-electron chi connectivity index (χ4n) is 2.69. The van der Waals surface area contributed by atoms with Crippen LogP contribution in [0.25, 0.3) is 11.2 Å². The largest absolute Gasteiger partial charge is 0.352 e. The van der Waals surface area contributed by atoms with Crippen LogP contribution in [-0.2, 0) is 13.0 Å². The Morgan fingerprint density at radius 3 is 2.24 bits per heavy atom. The zero-order chi connectivity index (χ0) is 17.1. The number of nitrogens with zero attached hydrogens (tertiary/aromatic N) is 2. The standard InChI is InChI=1S/C19H17N5O/c25-18-16-17(22-15(21-16)11-13-7-3-1-4-8-13)23-19(24-18)20-12-14-9-5-2-6-10-14/h1-10H,11-12H2,(H3,20,21,22,23,24,25). The van der Waals surface area contributed by atoms with E-state index in [4.69, 9.17) is 0 Å². The van der Waals surface area contributed by atoms with Crippen LogP contribution in [0.4, 0.5) is 5.95 Å². The van der Waals surface area contributed by atoms with Gasteiger partial charge < -0.3 is 10.3 Å². The van der Waals surface area contributed by atoms with E-state index in [1.54, 1.807) is 0 Å². The molecule has 4 rings (SSSR count). The number of hydrogen-bond donors (Lipinski definition) is 3. The lowest BCUT2D eigenvalue weighted by Crippen LogP contribution is -2.13. The number of aromatic nitrogens is 4. The van der Waals surface area contributed by atoms with Gasteiger partial charge in [0.05, 0.1) is 0 Å². The zero-order valence-electron chi connectivity index (χ0n) is 13.5. The van der Waals surface area contributed by atoms with E-state index in [0.717, 1.165) is 17.0 Å². The first-order valence-corrected chi connectivity index (χ1v) is 8.08. The summed E-state index contributed by atoms with van der Waals surface area (Å²) in [7, 11) is 0. The van der Waals surface area contributed by atoms with Gasteiger partial charge in [0.15, 0.2) is 11.2 Å². The number of aromatic amines is 2. The Balaban J connectivity index is 1.57. The quantitative estimate of drug-likeness (QED) is 0.525. The summed E-state index contributed by atoms with van der Waals surface area (Å²) in [4.78, 5) is 26.9. The molecule has 0 saturated heterocycles. The number of rotatable bonds is 5. The number of nitrogens with one attached hydrogen (secondary N) is 3. The topological polar surface area (TPSA) is 86.5 Å². The molecule has 25 heavy (non-hydrogen) atoms. The maximum atomic E-state index is 12.3. The van der Waals surface area contributed by atoms with Crippen molar-refractivity contribution < 1.29 is 0 Å². The minimum atomic E-state index is -0.229. The van der Waals surface area contributed by atoms with Crippen molar-refractivity contribution in [3.8, 4) is 0 Å². The molecule has 0 bridgehead atoms. The van der Waals surface area contributed by atoms with Gasteiger partial charge >= 0.3 is 0 Å². The lowest BCUT2D eigenvalue weighted by molar-refractivity contribution is 1.03. The average molecular weight is 331 g/mol. The van der Waals surface area contributed by atoms with E-state index in [9.17, 15) is 4.79 Å². The molecular weight excluding hydrogens is 314 g/mol. The van der Waals surface area contributed by atoms with E-state index in [0.29, 0.717) is 30.1 Å². The van der Waals surface area contributed by atoms with Crippen LogP contribution in [0.2, 0.25) is 0 Å². The van der Waals surface area contributed by atoms with Gasteiger partial charge in [-0.25, -0.2) is 4.98 Å². The van der Waals surface area contributed by atoms with Gasteiger partial charge in [0, 0.05) is 13.0 Å². The molecule has 0 unspecified atom stereocenters. The second kappa shape index (κ2) is 6.60. The van der Waals surface area contributed by atoms with Gasteiger partial charge in [0.2, 0.25) is 5.95 Å². The molecule has 2 aromatic heterocycles. The summed E-state index contributed by atoms with van der Waals surface area (Å²) >= 11 is 0. The summed E-state index contributed by atoms with van der Waals surface area (Å²) in [6.45, 7) is 0.580. The molecule has 0 aliphatic carbocycles. The highest BCUT2D eigenvalue weighted by atomic mass is 16.1. The van der Waals surface area contributed by atoms with Crippen LogP contribution in [0.15, 0.2) is 65.5 Å². The van der Waals surface area contributed by atoms with Gasteiger partial charge in [-0.2, -0.15) is 4.98 Å². The van der Waals surface area contributed by atoms with Gasteiger partial charge in [-0.3, -0.25) is 9.78 Å². The third kappa shape index (κ3) is 3.42. The highest BCUT2D eigenvalue weighted by Gasteiger charge is 2.10. The Labute approximate surface area is 144 Å². The summed E-state index contributed by atoms with van der Waals surface area (Å²) in [5.41, 5.74) is 2.83. The molecule has 0 aliphatic rings. The van der Waals surface area contributed by atoms with Gasteiger partial charge in [0.25, 0.3) is 5.56 Å². The Morgan fingerprint density at radius 2 is 1.52 bits per heavy atom. The first kappa shape index (κ1) is 15.1. The number of benzene rings is 2. The van der Waals surface area contributed by atoms with Crippen molar-refractivity contribution in [2.45, 2.75) is 13.0 Å². The molecule has 0 fully saturated rings. The third-order valence-corrected chi connectivity index (χ3v) is 3.93. The van der Waals surface area contributed by atoms with E-state index >= 15 is 0 Å². The number of hydrogen-bond acceptors (Lipinski definition) is 4. The van der Waals surface area contributed by atoms with Crippen LogP contribution in [0.5, 0.6) is 0 Å². The maximum absolute atomic E-state index is 12.3. The molecule has 0 saturated carbocycles. The van der Waals surface area contributed by atoms with E-state index in [1.165, 1.54) is 0 Å². The monoisotopic (exact) mass is 331 g/mol. The summed E-state index contributed by atoms with van der Waals surface area (Å²) in [5, 5.41) is 3.13. The highest BCUT2D eigenvalue weighted by molar-refractivity contribution is 5.70. The van der Waals surface area contributed by atoms with E-state index in [1.807, 2.05) is 60.7 Å². The molecule has 4 aromatic rings. The molecule has 124 valence electrons. The molecule has 0 radical (unpaired) electrons. The SMILES string of the molecule is O=c1[nH]c(NCc2ccccc2)nc2nc(Cc3ccccc3)[nH]c12. The second-order valence-electron chi connectivity index (χ2n) is 5.80. The molecule has 0 atom stereocenters. The van der Waals surface area contributed by atoms with Crippen LogP contribution in [-0.4, -0.2) is 19.9 Å². The third-order valence-electron chi connectivity index (χ3n) is 3.93. The van der Waals surface area contributed by atoms with Crippen molar-refractivity contribution in [2.75, 3.05) is 5.32 Å². The van der Waals surface area contributed by atoms with Crippen molar-refractivity contribution in [1.82, 2.24) is 19.9 Å². The number of fused-ring (bicyclic) bond motifs is 1. The average Bonchev–Trinajstić information content (AvgIpc) is 3.05. The summed E-state index contributed by atoms with van der Waals surface area (Å²) in [6, 6.07) is 19.9. The summed E-state index contributed by atoms with van der Waals surface area (Å²) in [6.07, 6.45) is 0.628. The molecule has 0 amide bonds. The van der Waals surface area contributed by atoms with Crippen LogP contribution in [0, 0.1) is 0 Å². The molecule has 2 heterocycles. The smallest absolute Gasteiger partial charge is 0.278 e. The maximum Gasteiger partial charge on any atom is 0.278 e. The molecule has 6 nitrogen and oxygen atoms in total. The van der Waals surface area contributed by atoms with Gasteiger partial charge in [-0.15, -0.1) is 0 Å². The van der Waals surface area contributed by atoms with E-state index in [-0.39, 0.29) is 5.56 Å². The molecular formula is C19H17N5O. The van der Waals surface area contributed by atoms with Crippen molar-refractivity contribution >= 4 is 17.1 Å². The Bertz CT molecular complexity index is 1040. The number of anilines is 1. The minimum absolute atomic E-state index is 0.229. The predicted octanol–water partition coefficient (Wildman–Crippen LogP) is 2.85. The summed E-state index contributed by atoms with van der Waals surface area (Å²) < 4.78 is 0. The molecule has 2 aromatic carbocycles. The van der Waals surface area contributed by atoms with E-state index < -0.39 is 0 Å². The van der Waals surface area contributed by atoms with Gasteiger partial charge in [-0.05, 0) is 11.1 Å². The van der Waals surface area contributed by atoms with Gasteiger partial charge in [0.1, 0.15) is 5.82 Å². The second-order valence-corrected chi connectivity index (χ2v) is 5.80.